The number of carbonyl (C=O) groups is 1. The van der Waals surface area contributed by atoms with Gasteiger partial charge in [0.25, 0.3) is 0 Å². The number of primary sulfonamides is 1. The number of amides is 1. The molecule has 0 aliphatic rings. The number of sulfonamides is 1. The summed E-state index contributed by atoms with van der Waals surface area (Å²) >= 11 is 1.17. The Morgan fingerprint density at radius 3 is 2.40 bits per heavy atom. The fourth-order valence-corrected chi connectivity index (χ4v) is 4.83. The van der Waals surface area contributed by atoms with Crippen LogP contribution in [0.1, 0.15) is 5.56 Å². The Kier molecular flexibility index (Phi) is 6.20. The first-order valence-electron chi connectivity index (χ1n) is 10.6. The summed E-state index contributed by atoms with van der Waals surface area (Å²) in [5.74, 6) is -0.227. The number of para-hydroxylation sites is 1. The van der Waals surface area contributed by atoms with Crippen LogP contribution in [-0.4, -0.2) is 39.8 Å². The fraction of sp³-hybridized carbons (Fsp3) is 0.0833. The van der Waals surface area contributed by atoms with Gasteiger partial charge in [-0.2, -0.15) is 0 Å². The number of aromatic nitrogens is 4. The number of hydrogen-bond acceptors (Lipinski definition) is 7. The SMILES string of the molecule is NS(=O)(=O)c1ccc(NC(=O)CSc2nnc3c4ccccc4n(Cc4ccccc4)c3n2)cc1. The molecule has 35 heavy (non-hydrogen) atoms. The summed E-state index contributed by atoms with van der Waals surface area (Å²) in [7, 11) is -3.79. The number of anilines is 1. The van der Waals surface area contributed by atoms with Gasteiger partial charge in [0.2, 0.25) is 21.1 Å². The zero-order chi connectivity index (χ0) is 24.4. The lowest BCUT2D eigenvalue weighted by Gasteiger charge is -2.07. The Morgan fingerprint density at radius 1 is 0.943 bits per heavy atom. The van der Waals surface area contributed by atoms with Crippen LogP contribution in [0.2, 0.25) is 0 Å². The molecule has 0 saturated heterocycles. The monoisotopic (exact) mass is 504 g/mol. The van der Waals surface area contributed by atoms with Gasteiger partial charge in [0, 0.05) is 17.6 Å². The molecule has 3 N–H and O–H groups in total. The smallest absolute Gasteiger partial charge is 0.238 e. The van der Waals surface area contributed by atoms with Crippen molar-refractivity contribution in [2.45, 2.75) is 16.6 Å². The molecule has 5 rings (SSSR count). The summed E-state index contributed by atoms with van der Waals surface area (Å²) in [6.45, 7) is 0.628. The quantitative estimate of drug-likeness (QED) is 0.325. The van der Waals surface area contributed by atoms with E-state index in [0.717, 1.165) is 16.5 Å². The minimum atomic E-state index is -3.79. The van der Waals surface area contributed by atoms with Crippen molar-refractivity contribution < 1.29 is 13.2 Å². The zero-order valence-corrected chi connectivity index (χ0v) is 20.0. The van der Waals surface area contributed by atoms with E-state index in [1.165, 1.54) is 36.0 Å². The first-order chi connectivity index (χ1) is 16.9. The Balaban J connectivity index is 1.36. The highest BCUT2D eigenvalue weighted by Gasteiger charge is 2.16. The van der Waals surface area contributed by atoms with Crippen molar-refractivity contribution in [3.63, 3.8) is 0 Å². The largest absolute Gasteiger partial charge is 0.325 e. The minimum absolute atomic E-state index is 0.0245. The molecule has 0 radical (unpaired) electrons. The maximum atomic E-state index is 12.4. The number of hydrogen-bond donors (Lipinski definition) is 2. The molecule has 0 fully saturated rings. The molecule has 2 heterocycles. The molecular formula is C24H20N6O3S2. The molecule has 0 saturated carbocycles. The molecule has 0 bridgehead atoms. The van der Waals surface area contributed by atoms with Crippen LogP contribution < -0.4 is 10.5 Å². The zero-order valence-electron chi connectivity index (χ0n) is 18.3. The number of fused-ring (bicyclic) bond motifs is 3. The Labute approximate surface area is 205 Å². The average Bonchev–Trinajstić information content (AvgIpc) is 3.16. The van der Waals surface area contributed by atoms with Gasteiger partial charge in [0.15, 0.2) is 5.65 Å². The van der Waals surface area contributed by atoms with Crippen LogP contribution in [0.3, 0.4) is 0 Å². The molecule has 0 aliphatic heterocycles. The van der Waals surface area contributed by atoms with Gasteiger partial charge in [-0.15, -0.1) is 10.2 Å². The summed E-state index contributed by atoms with van der Waals surface area (Å²) in [6.07, 6.45) is 0. The Hall–Kier alpha value is -3.80. The number of thioether (sulfide) groups is 1. The van der Waals surface area contributed by atoms with E-state index in [1.807, 2.05) is 42.5 Å². The van der Waals surface area contributed by atoms with E-state index >= 15 is 0 Å². The van der Waals surface area contributed by atoms with Crippen LogP contribution >= 0.6 is 11.8 Å². The van der Waals surface area contributed by atoms with Crippen LogP contribution in [-0.2, 0) is 21.4 Å². The van der Waals surface area contributed by atoms with Gasteiger partial charge in [-0.25, -0.2) is 18.5 Å². The molecule has 2 aromatic heterocycles. The van der Waals surface area contributed by atoms with E-state index in [0.29, 0.717) is 28.6 Å². The van der Waals surface area contributed by atoms with Crippen LogP contribution in [0.25, 0.3) is 22.1 Å². The highest BCUT2D eigenvalue weighted by Crippen LogP contribution is 2.28. The molecule has 9 nitrogen and oxygen atoms in total. The second-order valence-electron chi connectivity index (χ2n) is 7.76. The second kappa shape index (κ2) is 9.45. The number of carbonyl (C=O) groups excluding carboxylic acids is 1. The topological polar surface area (TPSA) is 133 Å². The second-order valence-corrected chi connectivity index (χ2v) is 10.3. The lowest BCUT2D eigenvalue weighted by molar-refractivity contribution is -0.113. The summed E-state index contributed by atoms with van der Waals surface area (Å²) < 4.78 is 24.8. The minimum Gasteiger partial charge on any atom is -0.325 e. The van der Waals surface area contributed by atoms with Gasteiger partial charge in [-0.3, -0.25) is 4.79 Å². The van der Waals surface area contributed by atoms with E-state index in [-0.39, 0.29) is 16.6 Å². The number of nitrogens with zero attached hydrogens (tertiary/aromatic N) is 4. The summed E-state index contributed by atoms with van der Waals surface area (Å²) in [6, 6.07) is 23.7. The Morgan fingerprint density at radius 2 is 1.66 bits per heavy atom. The normalized spacial score (nSPS) is 11.7. The summed E-state index contributed by atoms with van der Waals surface area (Å²) in [4.78, 5) is 17.1. The van der Waals surface area contributed by atoms with Crippen molar-refractivity contribution in [3.8, 4) is 0 Å². The Bertz CT molecular complexity index is 1640. The van der Waals surface area contributed by atoms with E-state index in [4.69, 9.17) is 10.1 Å². The van der Waals surface area contributed by atoms with E-state index in [2.05, 4.69) is 32.2 Å². The van der Waals surface area contributed by atoms with E-state index < -0.39 is 10.0 Å². The van der Waals surface area contributed by atoms with Crippen LogP contribution in [0, 0.1) is 0 Å². The predicted octanol–water partition coefficient (Wildman–Crippen LogP) is 3.41. The lowest BCUT2D eigenvalue weighted by atomic mass is 10.2. The highest BCUT2D eigenvalue weighted by atomic mass is 32.2. The van der Waals surface area contributed by atoms with Gasteiger partial charge in [-0.05, 0) is 35.9 Å². The molecule has 0 spiro atoms. The van der Waals surface area contributed by atoms with Gasteiger partial charge in [0.1, 0.15) is 5.52 Å². The number of nitrogens with one attached hydrogen (secondary N) is 1. The maximum Gasteiger partial charge on any atom is 0.238 e. The fourth-order valence-electron chi connectivity index (χ4n) is 3.73. The highest BCUT2D eigenvalue weighted by molar-refractivity contribution is 7.99. The van der Waals surface area contributed by atoms with Gasteiger partial charge < -0.3 is 9.88 Å². The van der Waals surface area contributed by atoms with Gasteiger partial charge in [-0.1, -0.05) is 60.3 Å². The molecule has 0 aliphatic carbocycles. The maximum absolute atomic E-state index is 12.4. The molecule has 1 amide bonds. The third kappa shape index (κ3) is 5.02. The standard InChI is InChI=1S/C24H20N6O3S2/c25-35(32,33)18-12-10-17(11-13-18)26-21(31)15-34-24-27-23-22(28-29-24)19-8-4-5-9-20(19)30(23)14-16-6-2-1-3-7-16/h1-13H,14-15H2,(H,26,31)(H2,25,32,33). The molecule has 0 unspecified atom stereocenters. The van der Waals surface area contributed by atoms with Crippen molar-refractivity contribution in [1.82, 2.24) is 19.7 Å². The molecule has 0 atom stereocenters. The van der Waals surface area contributed by atoms with E-state index in [1.54, 1.807) is 0 Å². The van der Waals surface area contributed by atoms with Crippen molar-refractivity contribution >= 4 is 55.4 Å². The molecule has 3 aromatic carbocycles. The van der Waals surface area contributed by atoms with Crippen LogP contribution in [0.15, 0.2) is 88.9 Å². The van der Waals surface area contributed by atoms with Crippen molar-refractivity contribution in [1.29, 1.82) is 0 Å². The van der Waals surface area contributed by atoms with Gasteiger partial charge in [0.05, 0.1) is 16.2 Å². The first kappa shape index (κ1) is 23.0. The molecule has 5 aromatic rings. The van der Waals surface area contributed by atoms with Crippen molar-refractivity contribution in [3.05, 3.63) is 84.4 Å². The van der Waals surface area contributed by atoms with Gasteiger partial charge >= 0.3 is 0 Å². The molecule has 11 heteroatoms. The predicted molar refractivity (Wildman–Crippen MR) is 136 cm³/mol. The lowest BCUT2D eigenvalue weighted by Crippen LogP contribution is -2.15. The average molecular weight is 505 g/mol. The summed E-state index contributed by atoms with van der Waals surface area (Å²) in [5, 5.41) is 17.8. The van der Waals surface area contributed by atoms with Crippen molar-refractivity contribution in [2.75, 3.05) is 11.1 Å². The molecule has 176 valence electrons. The van der Waals surface area contributed by atoms with Crippen LogP contribution in [0.4, 0.5) is 5.69 Å². The number of nitrogens with two attached hydrogens (primary N) is 1. The third-order valence-electron chi connectivity index (χ3n) is 5.34. The molecular weight excluding hydrogens is 484 g/mol. The van der Waals surface area contributed by atoms with Crippen molar-refractivity contribution in [2.24, 2.45) is 5.14 Å². The first-order valence-corrected chi connectivity index (χ1v) is 13.1. The third-order valence-corrected chi connectivity index (χ3v) is 7.10. The van der Waals surface area contributed by atoms with Crippen LogP contribution in [0.5, 0.6) is 0 Å². The van der Waals surface area contributed by atoms with E-state index in [9.17, 15) is 13.2 Å². The number of benzene rings is 3. The number of rotatable bonds is 7. The summed E-state index contributed by atoms with van der Waals surface area (Å²) in [5.41, 5.74) is 4.01.